The fourth-order valence-electron chi connectivity index (χ4n) is 1.62. The van der Waals surface area contributed by atoms with Crippen LogP contribution in [0.5, 0.6) is 0 Å². The highest BCUT2D eigenvalue weighted by Gasteiger charge is 2.08. The zero-order chi connectivity index (χ0) is 10.3. The van der Waals surface area contributed by atoms with Crippen molar-refractivity contribution in [1.29, 1.82) is 0 Å². The molecule has 0 saturated carbocycles. The number of fused-ring (bicyclic) bond motifs is 1. The van der Waals surface area contributed by atoms with Crippen LogP contribution in [0.4, 0.5) is 0 Å². The van der Waals surface area contributed by atoms with Gasteiger partial charge in [-0.3, -0.25) is 0 Å². The molecule has 0 amide bonds. The maximum absolute atomic E-state index is 5.45. The van der Waals surface area contributed by atoms with Crippen LogP contribution in [0, 0.1) is 0 Å². The van der Waals surface area contributed by atoms with Crippen LogP contribution in [-0.4, -0.2) is 9.97 Å². The zero-order valence-corrected chi connectivity index (χ0v) is 9.28. The third-order valence-electron chi connectivity index (χ3n) is 2.32. The van der Waals surface area contributed by atoms with Crippen molar-refractivity contribution in [3.63, 3.8) is 0 Å². The number of hydrogen-bond donors (Lipinski definition) is 1. The third kappa shape index (κ3) is 1.37. The summed E-state index contributed by atoms with van der Waals surface area (Å²) >= 11 is 3.28. The summed E-state index contributed by atoms with van der Waals surface area (Å²) in [5.74, 6) is 0. The highest BCUT2D eigenvalue weighted by Crippen LogP contribution is 2.29. The van der Waals surface area contributed by atoms with Crippen molar-refractivity contribution in [2.75, 3.05) is 0 Å². The normalized spacial score (nSPS) is 11.0. The van der Waals surface area contributed by atoms with Gasteiger partial charge in [0.05, 0.1) is 11.9 Å². The lowest BCUT2D eigenvalue weighted by molar-refractivity contribution is 0.617. The van der Waals surface area contributed by atoms with Crippen LogP contribution < -0.4 is 0 Å². The maximum Gasteiger partial charge on any atom is 0.174 e. The van der Waals surface area contributed by atoms with E-state index in [-0.39, 0.29) is 0 Å². The van der Waals surface area contributed by atoms with Crippen LogP contribution in [0.1, 0.15) is 0 Å². The highest BCUT2D eigenvalue weighted by molar-refractivity contribution is 9.10. The van der Waals surface area contributed by atoms with Gasteiger partial charge < -0.3 is 9.40 Å². The number of para-hydroxylation sites is 1. The van der Waals surface area contributed by atoms with Gasteiger partial charge in [-0.2, -0.15) is 0 Å². The molecular formula is C11H7BrN2O. The topological polar surface area (TPSA) is 41.8 Å². The van der Waals surface area contributed by atoms with Gasteiger partial charge in [-0.15, -0.1) is 0 Å². The van der Waals surface area contributed by atoms with E-state index in [0.717, 1.165) is 27.0 Å². The Morgan fingerprint density at radius 1 is 1.27 bits per heavy atom. The van der Waals surface area contributed by atoms with Gasteiger partial charge in [0.1, 0.15) is 11.8 Å². The molecule has 0 aliphatic carbocycles. The first-order valence-corrected chi connectivity index (χ1v) is 5.31. The molecule has 3 aromatic rings. The summed E-state index contributed by atoms with van der Waals surface area (Å²) in [5, 5.41) is 1.09. The van der Waals surface area contributed by atoms with E-state index in [0.29, 0.717) is 0 Å². The number of halogens is 1. The van der Waals surface area contributed by atoms with Gasteiger partial charge in [-0.1, -0.05) is 18.2 Å². The molecule has 0 fully saturated rings. The molecule has 1 aromatic carbocycles. The van der Waals surface area contributed by atoms with E-state index < -0.39 is 0 Å². The summed E-state index contributed by atoms with van der Waals surface area (Å²) in [4.78, 5) is 7.21. The van der Waals surface area contributed by atoms with Crippen LogP contribution in [0.2, 0.25) is 0 Å². The first-order chi connectivity index (χ1) is 7.34. The minimum atomic E-state index is 0.725. The van der Waals surface area contributed by atoms with E-state index in [2.05, 4.69) is 25.9 Å². The third-order valence-corrected chi connectivity index (χ3v) is 2.72. The second-order valence-corrected chi connectivity index (χ2v) is 3.98. The van der Waals surface area contributed by atoms with Crippen molar-refractivity contribution in [2.45, 2.75) is 0 Å². The fourth-order valence-corrected chi connectivity index (χ4v) is 1.94. The molecule has 0 aliphatic rings. The minimum Gasteiger partial charge on any atom is -0.464 e. The van der Waals surface area contributed by atoms with Crippen LogP contribution in [0.25, 0.3) is 22.2 Å². The standard InChI is InChI=1S/C11H7BrN2O/c12-11-13-5-9(14-11)8-6-15-10-4-2-1-3-7(8)10/h1-6H,(H,13,14). The van der Waals surface area contributed by atoms with Gasteiger partial charge in [-0.25, -0.2) is 4.98 Å². The Balaban J connectivity index is 2.27. The Bertz CT molecular complexity index is 612. The number of H-pyrrole nitrogens is 1. The molecular weight excluding hydrogens is 256 g/mol. The Labute approximate surface area is 94.3 Å². The number of nitrogens with one attached hydrogen (secondary N) is 1. The van der Waals surface area contributed by atoms with Crippen LogP contribution in [-0.2, 0) is 0 Å². The van der Waals surface area contributed by atoms with Crippen LogP contribution in [0.15, 0.2) is 45.9 Å². The van der Waals surface area contributed by atoms with Crippen molar-refractivity contribution >= 4 is 26.9 Å². The molecule has 15 heavy (non-hydrogen) atoms. The van der Waals surface area contributed by atoms with Crippen LogP contribution in [0.3, 0.4) is 0 Å². The summed E-state index contributed by atoms with van der Waals surface area (Å²) < 4.78 is 6.17. The second kappa shape index (κ2) is 3.24. The predicted molar refractivity (Wildman–Crippen MR) is 61.5 cm³/mol. The largest absolute Gasteiger partial charge is 0.464 e. The van der Waals surface area contributed by atoms with Gasteiger partial charge >= 0.3 is 0 Å². The highest BCUT2D eigenvalue weighted by atomic mass is 79.9. The number of hydrogen-bond acceptors (Lipinski definition) is 2. The Morgan fingerprint density at radius 2 is 2.13 bits per heavy atom. The molecule has 2 heterocycles. The summed E-state index contributed by atoms with van der Waals surface area (Å²) in [6.45, 7) is 0. The molecule has 74 valence electrons. The molecule has 0 saturated heterocycles. The zero-order valence-electron chi connectivity index (χ0n) is 7.70. The number of imidazole rings is 1. The molecule has 4 heteroatoms. The maximum atomic E-state index is 5.45. The molecule has 0 spiro atoms. The molecule has 0 bridgehead atoms. The van der Waals surface area contributed by atoms with Crippen LogP contribution >= 0.6 is 15.9 Å². The number of aromatic amines is 1. The van der Waals surface area contributed by atoms with Gasteiger partial charge in [0.2, 0.25) is 0 Å². The van der Waals surface area contributed by atoms with Gasteiger partial charge in [0.25, 0.3) is 0 Å². The van der Waals surface area contributed by atoms with E-state index in [9.17, 15) is 0 Å². The average molecular weight is 263 g/mol. The van der Waals surface area contributed by atoms with E-state index in [1.54, 1.807) is 12.5 Å². The molecule has 0 radical (unpaired) electrons. The van der Waals surface area contributed by atoms with E-state index >= 15 is 0 Å². The fraction of sp³-hybridized carbons (Fsp3) is 0. The average Bonchev–Trinajstić information content (AvgIpc) is 2.83. The Kier molecular flexibility index (Phi) is 1.89. The molecule has 0 unspecified atom stereocenters. The van der Waals surface area contributed by atoms with Gasteiger partial charge in [0, 0.05) is 10.9 Å². The van der Waals surface area contributed by atoms with Crippen molar-refractivity contribution in [2.24, 2.45) is 0 Å². The smallest absolute Gasteiger partial charge is 0.174 e. The minimum absolute atomic E-state index is 0.725. The monoisotopic (exact) mass is 262 g/mol. The van der Waals surface area contributed by atoms with Crippen molar-refractivity contribution in [1.82, 2.24) is 9.97 Å². The molecule has 3 rings (SSSR count). The van der Waals surface area contributed by atoms with E-state index in [1.807, 2.05) is 24.3 Å². The molecule has 1 N–H and O–H groups in total. The van der Waals surface area contributed by atoms with Gasteiger partial charge in [0.15, 0.2) is 4.73 Å². The lowest BCUT2D eigenvalue weighted by Crippen LogP contribution is -1.73. The van der Waals surface area contributed by atoms with E-state index in [1.165, 1.54) is 0 Å². The molecule has 3 nitrogen and oxygen atoms in total. The number of furan rings is 1. The van der Waals surface area contributed by atoms with Crippen molar-refractivity contribution in [3.8, 4) is 11.3 Å². The number of rotatable bonds is 1. The Morgan fingerprint density at radius 3 is 2.93 bits per heavy atom. The summed E-state index contributed by atoms with van der Waals surface area (Å²) in [7, 11) is 0. The molecule has 0 aliphatic heterocycles. The quantitative estimate of drug-likeness (QED) is 0.729. The first kappa shape index (κ1) is 8.73. The summed E-state index contributed by atoms with van der Waals surface area (Å²) in [5.41, 5.74) is 2.87. The van der Waals surface area contributed by atoms with Crippen molar-refractivity contribution in [3.05, 3.63) is 41.5 Å². The lowest BCUT2D eigenvalue weighted by atomic mass is 10.1. The summed E-state index contributed by atoms with van der Waals surface area (Å²) in [6.07, 6.45) is 3.52. The van der Waals surface area contributed by atoms with Gasteiger partial charge in [-0.05, 0) is 22.0 Å². The molecule has 0 atom stereocenters. The number of aromatic nitrogens is 2. The number of benzene rings is 1. The SMILES string of the molecule is Brc1ncc(-c2coc3ccccc23)[nH]1. The summed E-state index contributed by atoms with van der Waals surface area (Å²) in [6, 6.07) is 7.93. The lowest BCUT2D eigenvalue weighted by Gasteiger charge is -1.91. The Hall–Kier alpha value is -1.55. The first-order valence-electron chi connectivity index (χ1n) is 4.52. The predicted octanol–water partition coefficient (Wildman–Crippen LogP) is 3.59. The van der Waals surface area contributed by atoms with Crippen molar-refractivity contribution < 1.29 is 4.42 Å². The molecule has 2 aromatic heterocycles. The number of nitrogens with zero attached hydrogens (tertiary/aromatic N) is 1. The second-order valence-electron chi connectivity index (χ2n) is 3.23. The van der Waals surface area contributed by atoms with E-state index in [4.69, 9.17) is 4.42 Å².